The molecule has 2 heterocycles. The number of carbonyl (C=O) groups is 1. The third-order valence-corrected chi connectivity index (χ3v) is 7.06. The van der Waals surface area contributed by atoms with Crippen molar-refractivity contribution in [2.24, 2.45) is 5.92 Å². The number of carbonyl (C=O) groups excluding carboxylic acids is 1. The molecule has 0 unspecified atom stereocenters. The van der Waals surface area contributed by atoms with Crippen molar-refractivity contribution >= 4 is 15.7 Å². The van der Waals surface area contributed by atoms with Crippen LogP contribution in [0.3, 0.4) is 0 Å². The molecule has 1 aromatic rings. The summed E-state index contributed by atoms with van der Waals surface area (Å²) in [6, 6.07) is 6.62. The molecule has 1 aromatic carbocycles. The molecule has 0 aliphatic carbocycles. The van der Waals surface area contributed by atoms with E-state index in [1.807, 2.05) is 4.90 Å². The number of nitrogens with zero attached hydrogens (tertiary/aromatic N) is 1. The normalized spacial score (nSPS) is 23.1. The van der Waals surface area contributed by atoms with Gasteiger partial charge in [-0.25, -0.2) is 8.42 Å². The van der Waals surface area contributed by atoms with E-state index in [-0.39, 0.29) is 28.7 Å². The average Bonchev–Trinajstić information content (AvgIpc) is 2.84. The molecule has 3 rings (SSSR count). The van der Waals surface area contributed by atoms with Crippen LogP contribution in [0.4, 0.5) is 0 Å². The molecule has 0 saturated carbocycles. The van der Waals surface area contributed by atoms with Crippen LogP contribution in [0.1, 0.15) is 50.3 Å². The zero-order chi connectivity index (χ0) is 17.5. The maximum Gasteiger partial charge on any atom is 0.223 e. The van der Waals surface area contributed by atoms with E-state index in [2.05, 4.69) is 39.0 Å². The van der Waals surface area contributed by atoms with Gasteiger partial charge in [0.2, 0.25) is 5.91 Å². The lowest BCUT2D eigenvalue weighted by atomic mass is 9.84. The molecule has 2 aliphatic heterocycles. The largest absolute Gasteiger partial charge is 0.338 e. The molecule has 24 heavy (non-hydrogen) atoms. The summed E-state index contributed by atoms with van der Waals surface area (Å²) in [7, 11) is -2.91. The Hall–Kier alpha value is -1.36. The SMILES string of the molecule is CC(C)(C)c1ccc2c(c1)CN(C(=O)C[C@@H]1CCS(=O)(=O)C1)CC2. The third-order valence-electron chi connectivity index (χ3n) is 5.23. The standard InChI is InChI=1S/C19H27NO3S/c1-19(2,3)17-5-4-15-6-8-20(12-16(15)11-17)18(21)10-14-7-9-24(22,23)13-14/h4-5,11,14H,6-10,12-13H2,1-3H3/t14-/m0/s1. The van der Waals surface area contributed by atoms with Gasteiger partial charge >= 0.3 is 0 Å². The molecular weight excluding hydrogens is 322 g/mol. The summed E-state index contributed by atoms with van der Waals surface area (Å²) in [6.45, 7) is 7.97. The zero-order valence-electron chi connectivity index (χ0n) is 14.8. The summed E-state index contributed by atoms with van der Waals surface area (Å²) in [6.07, 6.45) is 1.88. The lowest BCUT2D eigenvalue weighted by molar-refractivity contribution is -0.132. The molecule has 0 aromatic heterocycles. The van der Waals surface area contributed by atoms with Gasteiger partial charge in [-0.15, -0.1) is 0 Å². The van der Waals surface area contributed by atoms with Crippen LogP contribution in [0.5, 0.6) is 0 Å². The molecule has 0 radical (unpaired) electrons. The maximum atomic E-state index is 12.6. The monoisotopic (exact) mass is 349 g/mol. The van der Waals surface area contributed by atoms with Gasteiger partial charge in [0.1, 0.15) is 0 Å². The van der Waals surface area contributed by atoms with Crippen LogP contribution in [-0.4, -0.2) is 37.3 Å². The van der Waals surface area contributed by atoms with Gasteiger partial charge in [0, 0.05) is 19.5 Å². The van der Waals surface area contributed by atoms with E-state index < -0.39 is 9.84 Å². The van der Waals surface area contributed by atoms with Gasteiger partial charge < -0.3 is 4.90 Å². The van der Waals surface area contributed by atoms with Crippen molar-refractivity contribution in [1.82, 2.24) is 4.90 Å². The molecule has 0 spiro atoms. The topological polar surface area (TPSA) is 54.5 Å². The van der Waals surface area contributed by atoms with Crippen molar-refractivity contribution in [2.45, 2.75) is 52.0 Å². The summed E-state index contributed by atoms with van der Waals surface area (Å²) in [5.74, 6) is 0.522. The minimum absolute atomic E-state index is 0.00445. The number of hydrogen-bond acceptors (Lipinski definition) is 3. The highest BCUT2D eigenvalue weighted by Crippen LogP contribution is 2.29. The number of rotatable bonds is 2. The predicted molar refractivity (Wildman–Crippen MR) is 95.6 cm³/mol. The number of amides is 1. The van der Waals surface area contributed by atoms with Crippen LogP contribution < -0.4 is 0 Å². The number of sulfone groups is 1. The van der Waals surface area contributed by atoms with E-state index >= 15 is 0 Å². The Labute approximate surface area is 145 Å². The van der Waals surface area contributed by atoms with Gasteiger partial charge in [-0.1, -0.05) is 39.0 Å². The first-order chi connectivity index (χ1) is 11.1. The summed E-state index contributed by atoms with van der Waals surface area (Å²) >= 11 is 0. The van der Waals surface area contributed by atoms with E-state index in [0.29, 0.717) is 19.4 Å². The highest BCUT2D eigenvalue weighted by Gasteiger charge is 2.31. The van der Waals surface area contributed by atoms with Gasteiger partial charge in [0.25, 0.3) is 0 Å². The summed E-state index contributed by atoms with van der Waals surface area (Å²) in [5, 5.41) is 0. The van der Waals surface area contributed by atoms with Gasteiger partial charge in [-0.2, -0.15) is 0 Å². The molecule has 0 bridgehead atoms. The van der Waals surface area contributed by atoms with Crippen LogP contribution >= 0.6 is 0 Å². The van der Waals surface area contributed by atoms with Crippen LogP contribution in [0.15, 0.2) is 18.2 Å². The van der Waals surface area contributed by atoms with Gasteiger partial charge in [-0.05, 0) is 40.9 Å². The maximum absolute atomic E-state index is 12.6. The Morgan fingerprint density at radius 3 is 2.62 bits per heavy atom. The van der Waals surface area contributed by atoms with E-state index in [4.69, 9.17) is 0 Å². The van der Waals surface area contributed by atoms with Gasteiger partial charge in [-0.3, -0.25) is 4.79 Å². The van der Waals surface area contributed by atoms with E-state index in [9.17, 15) is 13.2 Å². The van der Waals surface area contributed by atoms with Gasteiger partial charge in [0.15, 0.2) is 9.84 Å². The van der Waals surface area contributed by atoms with Crippen LogP contribution in [-0.2, 0) is 33.0 Å². The second kappa shape index (κ2) is 6.17. The highest BCUT2D eigenvalue weighted by atomic mass is 32.2. The van der Waals surface area contributed by atoms with Crippen molar-refractivity contribution in [3.8, 4) is 0 Å². The predicted octanol–water partition coefficient (Wildman–Crippen LogP) is 2.69. The second-order valence-corrected chi connectivity index (χ2v) is 10.5. The van der Waals surface area contributed by atoms with Crippen molar-refractivity contribution in [3.05, 3.63) is 34.9 Å². The van der Waals surface area contributed by atoms with Crippen LogP contribution in [0.25, 0.3) is 0 Å². The smallest absolute Gasteiger partial charge is 0.223 e. The first-order valence-electron chi connectivity index (χ1n) is 8.74. The molecular formula is C19H27NO3S. The van der Waals surface area contributed by atoms with Crippen molar-refractivity contribution in [1.29, 1.82) is 0 Å². The Balaban J connectivity index is 1.69. The van der Waals surface area contributed by atoms with Crippen molar-refractivity contribution in [2.75, 3.05) is 18.1 Å². The van der Waals surface area contributed by atoms with Crippen molar-refractivity contribution in [3.63, 3.8) is 0 Å². The Bertz CT molecular complexity index is 746. The van der Waals surface area contributed by atoms with Crippen LogP contribution in [0.2, 0.25) is 0 Å². The van der Waals surface area contributed by atoms with E-state index in [0.717, 1.165) is 13.0 Å². The quantitative estimate of drug-likeness (QED) is 0.825. The molecule has 2 aliphatic rings. The summed E-state index contributed by atoms with van der Waals surface area (Å²) < 4.78 is 23.1. The number of hydrogen-bond donors (Lipinski definition) is 0. The van der Waals surface area contributed by atoms with E-state index in [1.54, 1.807) is 0 Å². The number of fused-ring (bicyclic) bond motifs is 1. The zero-order valence-corrected chi connectivity index (χ0v) is 15.7. The molecule has 1 atom stereocenters. The Kier molecular flexibility index (Phi) is 4.49. The fourth-order valence-electron chi connectivity index (χ4n) is 3.65. The lowest BCUT2D eigenvalue weighted by Crippen LogP contribution is -2.37. The molecule has 4 nitrogen and oxygen atoms in total. The molecule has 0 N–H and O–H groups in total. The lowest BCUT2D eigenvalue weighted by Gasteiger charge is -2.31. The molecule has 1 fully saturated rings. The van der Waals surface area contributed by atoms with Crippen LogP contribution in [0, 0.1) is 5.92 Å². The summed E-state index contributed by atoms with van der Waals surface area (Å²) in [4.78, 5) is 14.5. The molecule has 1 saturated heterocycles. The average molecular weight is 349 g/mol. The number of benzene rings is 1. The first kappa shape index (κ1) is 17.5. The van der Waals surface area contributed by atoms with E-state index in [1.165, 1.54) is 16.7 Å². The minimum atomic E-state index is -2.91. The summed E-state index contributed by atoms with van der Waals surface area (Å²) in [5.41, 5.74) is 3.95. The third kappa shape index (κ3) is 3.82. The first-order valence-corrected chi connectivity index (χ1v) is 10.6. The Morgan fingerprint density at radius 1 is 1.25 bits per heavy atom. The second-order valence-electron chi connectivity index (χ2n) is 8.27. The minimum Gasteiger partial charge on any atom is -0.338 e. The molecule has 132 valence electrons. The van der Waals surface area contributed by atoms with Crippen molar-refractivity contribution < 1.29 is 13.2 Å². The Morgan fingerprint density at radius 2 is 2.00 bits per heavy atom. The fourth-order valence-corrected chi connectivity index (χ4v) is 5.51. The molecule has 5 heteroatoms. The van der Waals surface area contributed by atoms with Gasteiger partial charge in [0.05, 0.1) is 11.5 Å². The molecule has 1 amide bonds. The highest BCUT2D eigenvalue weighted by molar-refractivity contribution is 7.91. The fraction of sp³-hybridized carbons (Fsp3) is 0.632.